The molecule has 1 aromatic heterocycles. The largest absolute Gasteiger partial charge is 0.490 e. The average molecular weight is 577 g/mol. The van der Waals surface area contributed by atoms with Crippen LogP contribution < -0.4 is 10.5 Å². The maximum Gasteiger partial charge on any atom is 0.490 e. The van der Waals surface area contributed by atoms with Gasteiger partial charge in [-0.15, -0.1) is 11.3 Å². The molecule has 37 heavy (non-hydrogen) atoms. The summed E-state index contributed by atoms with van der Waals surface area (Å²) in [7, 11) is -3.83. The smallest absolute Gasteiger partial charge is 0.475 e. The molecule has 0 saturated carbocycles. The second kappa shape index (κ2) is 11.5. The van der Waals surface area contributed by atoms with E-state index in [2.05, 4.69) is 9.71 Å². The number of benzene rings is 2. The summed E-state index contributed by atoms with van der Waals surface area (Å²) in [6, 6.07) is 15.2. The van der Waals surface area contributed by atoms with Gasteiger partial charge in [-0.25, -0.2) is 18.2 Å². The third kappa shape index (κ3) is 7.41. The summed E-state index contributed by atoms with van der Waals surface area (Å²) in [5.41, 5.74) is 6.74. The van der Waals surface area contributed by atoms with E-state index in [9.17, 15) is 26.4 Å². The predicted molar refractivity (Wildman–Crippen MR) is 133 cm³/mol. The zero-order chi connectivity index (χ0) is 27.4. The molecule has 0 spiro atoms. The molecule has 1 amide bonds. The van der Waals surface area contributed by atoms with Gasteiger partial charge in [0.05, 0.1) is 0 Å². The first kappa shape index (κ1) is 28.4. The van der Waals surface area contributed by atoms with Crippen LogP contribution in [0.15, 0.2) is 63.8 Å². The number of amides is 1. The lowest BCUT2D eigenvalue weighted by molar-refractivity contribution is -0.192. The van der Waals surface area contributed by atoms with Crippen molar-refractivity contribution in [2.45, 2.75) is 22.8 Å². The van der Waals surface area contributed by atoms with Crippen molar-refractivity contribution in [1.29, 1.82) is 0 Å². The van der Waals surface area contributed by atoms with Crippen molar-refractivity contribution in [3.63, 3.8) is 0 Å². The summed E-state index contributed by atoms with van der Waals surface area (Å²) in [5.74, 6) is -2.74. The van der Waals surface area contributed by atoms with Gasteiger partial charge >= 0.3 is 12.1 Å². The molecule has 0 unspecified atom stereocenters. The Balaban J connectivity index is 0.000000479. The van der Waals surface area contributed by atoms with Crippen LogP contribution in [0.5, 0.6) is 0 Å². The second-order valence-electron chi connectivity index (χ2n) is 7.67. The lowest BCUT2D eigenvalue weighted by Gasteiger charge is -2.15. The van der Waals surface area contributed by atoms with Crippen molar-refractivity contribution in [2.75, 3.05) is 13.2 Å². The molecule has 1 fully saturated rings. The first-order valence-electron chi connectivity index (χ1n) is 10.4. The Morgan fingerprint density at radius 1 is 1.22 bits per heavy atom. The summed E-state index contributed by atoms with van der Waals surface area (Å²) < 4.78 is 60.8. The first-order valence-corrected chi connectivity index (χ1v) is 13.1. The fraction of sp³-hybridized carbons (Fsp3) is 0.227. The van der Waals surface area contributed by atoms with Crippen molar-refractivity contribution in [2.24, 2.45) is 10.7 Å². The first-order chi connectivity index (χ1) is 17.3. The molecule has 3 aromatic rings. The topological polar surface area (TPSA) is 142 Å². The third-order valence-corrected chi connectivity index (χ3v) is 8.32. The van der Waals surface area contributed by atoms with E-state index >= 15 is 0 Å². The van der Waals surface area contributed by atoms with Gasteiger partial charge in [-0.1, -0.05) is 48.0 Å². The normalized spacial score (nSPS) is 16.5. The van der Waals surface area contributed by atoms with Crippen LogP contribution in [-0.4, -0.2) is 61.6 Å². The fourth-order valence-electron chi connectivity index (χ4n) is 3.21. The minimum absolute atomic E-state index is 0.0825. The van der Waals surface area contributed by atoms with E-state index in [0.29, 0.717) is 23.8 Å². The number of nitrogens with zero attached hydrogens (tertiary/aromatic N) is 2. The van der Waals surface area contributed by atoms with E-state index in [0.717, 1.165) is 27.0 Å². The van der Waals surface area contributed by atoms with E-state index < -0.39 is 28.2 Å². The number of sulfonamides is 1. The number of alkyl halides is 3. The van der Waals surface area contributed by atoms with Gasteiger partial charge in [0.1, 0.15) is 22.8 Å². The van der Waals surface area contributed by atoms with Crippen molar-refractivity contribution < 1.29 is 36.3 Å². The highest BCUT2D eigenvalue weighted by Gasteiger charge is 2.38. The Morgan fingerprint density at radius 2 is 1.86 bits per heavy atom. The van der Waals surface area contributed by atoms with E-state index in [-0.39, 0.29) is 16.8 Å². The number of carboxylic acid groups (broad SMARTS) is 1. The number of aliphatic carboxylic acids is 1. The van der Waals surface area contributed by atoms with Crippen molar-refractivity contribution in [3.05, 3.63) is 65.2 Å². The molecule has 1 saturated heterocycles. The highest BCUT2D eigenvalue weighted by atomic mass is 35.5. The molecule has 2 aromatic carbocycles. The quantitative estimate of drug-likeness (QED) is 0.303. The summed E-state index contributed by atoms with van der Waals surface area (Å²) >= 11 is 7.10. The molecule has 9 nitrogen and oxygen atoms in total. The predicted octanol–water partition coefficient (Wildman–Crippen LogP) is 3.43. The van der Waals surface area contributed by atoms with Gasteiger partial charge in [-0.05, 0) is 30.0 Å². The molecule has 0 radical (unpaired) electrons. The number of fused-ring (bicyclic) bond motifs is 1. The van der Waals surface area contributed by atoms with E-state index in [4.69, 9.17) is 27.2 Å². The van der Waals surface area contributed by atoms with Crippen LogP contribution in [0.25, 0.3) is 10.1 Å². The van der Waals surface area contributed by atoms with Crippen molar-refractivity contribution >= 4 is 60.8 Å². The van der Waals surface area contributed by atoms with Gasteiger partial charge in [-0.3, -0.25) is 4.79 Å². The van der Waals surface area contributed by atoms with Crippen LogP contribution >= 0.6 is 22.9 Å². The van der Waals surface area contributed by atoms with Crippen LogP contribution in [0.3, 0.4) is 0 Å². The highest BCUT2D eigenvalue weighted by molar-refractivity contribution is 7.91. The highest BCUT2D eigenvalue weighted by Crippen LogP contribution is 2.31. The average Bonchev–Trinajstić information content (AvgIpc) is 3.41. The zero-order valence-corrected chi connectivity index (χ0v) is 21.2. The van der Waals surface area contributed by atoms with Crippen LogP contribution in [-0.2, 0) is 19.6 Å². The number of amidine groups is 1. The lowest BCUT2D eigenvalue weighted by atomic mass is 10.2. The number of carbonyl (C=O) groups excluding carboxylic acids is 1. The maximum atomic E-state index is 12.8. The molecule has 2 heterocycles. The Morgan fingerprint density at radius 3 is 2.49 bits per heavy atom. The van der Waals surface area contributed by atoms with Crippen LogP contribution in [0.4, 0.5) is 13.2 Å². The molecular weight excluding hydrogens is 557 g/mol. The maximum absolute atomic E-state index is 12.8. The number of likely N-dealkylation sites (tertiary alicyclic amines) is 1. The van der Waals surface area contributed by atoms with Crippen LogP contribution in [0.2, 0.25) is 5.02 Å². The van der Waals surface area contributed by atoms with Crippen molar-refractivity contribution in [1.82, 2.24) is 9.62 Å². The number of carboxylic acids is 1. The molecule has 1 aliphatic heterocycles. The van der Waals surface area contributed by atoms with Crippen molar-refractivity contribution in [3.8, 4) is 0 Å². The molecule has 1 atom stereocenters. The number of thiophene rings is 1. The molecule has 0 bridgehead atoms. The minimum Gasteiger partial charge on any atom is -0.475 e. The minimum atomic E-state index is -5.08. The van der Waals surface area contributed by atoms with Gasteiger partial charge in [0.25, 0.3) is 10.0 Å². The van der Waals surface area contributed by atoms with Gasteiger partial charge in [0.15, 0.2) is 0 Å². The number of nitrogens with two attached hydrogens (primary N) is 1. The van der Waals surface area contributed by atoms with Gasteiger partial charge in [0.2, 0.25) is 5.91 Å². The molecule has 0 aliphatic carbocycles. The summed E-state index contributed by atoms with van der Waals surface area (Å²) in [6.07, 6.45) is -4.71. The third-order valence-electron chi connectivity index (χ3n) is 5.04. The number of carbonyl (C=O) groups is 2. The number of nitrogens with one attached hydrogen (secondary N) is 1. The van der Waals surface area contributed by atoms with Gasteiger partial charge in [-0.2, -0.15) is 17.9 Å². The van der Waals surface area contributed by atoms with Crippen LogP contribution in [0, 0.1) is 0 Å². The number of rotatable bonds is 6. The molecule has 15 heteroatoms. The summed E-state index contributed by atoms with van der Waals surface area (Å²) in [6.45, 7) is 0.485. The van der Waals surface area contributed by atoms with E-state index in [1.165, 1.54) is 4.90 Å². The Bertz CT molecular complexity index is 1430. The van der Waals surface area contributed by atoms with Gasteiger partial charge in [0, 0.05) is 21.8 Å². The molecule has 198 valence electrons. The number of hydrogen-bond donors (Lipinski definition) is 3. The van der Waals surface area contributed by atoms with E-state index in [1.54, 1.807) is 24.3 Å². The van der Waals surface area contributed by atoms with Crippen LogP contribution in [0.1, 0.15) is 12.0 Å². The molecule has 1 aliphatic rings. The Hall–Kier alpha value is -3.20. The number of halogens is 4. The molecule has 4 rings (SSSR count). The lowest BCUT2D eigenvalue weighted by Crippen LogP contribution is -2.41. The number of hydrogen-bond acceptors (Lipinski definition) is 6. The fourth-order valence-corrected chi connectivity index (χ4v) is 6.12. The summed E-state index contributed by atoms with van der Waals surface area (Å²) in [5, 5.41) is 8.45. The standard InChI is InChI=1S/C20H19ClN4O3S2.C2HF3O2/c21-15-7-6-14-10-18(29-17(14)11-15)30(27,28)24-16-8-9-25(20(16)26)12-23-19(22)13-4-2-1-3-5-13;3-2(4,5)1(6)7/h1-7,10-11,16,24H,8-9,12H2,(H2,22,23);(H,6,7)/t16-;/m0./s1. The molecule has 4 N–H and O–H groups in total. The number of aliphatic imine (C=N–C) groups is 1. The zero-order valence-electron chi connectivity index (χ0n) is 18.8. The Labute approximate surface area is 218 Å². The monoisotopic (exact) mass is 576 g/mol. The second-order valence-corrected chi connectivity index (χ2v) is 11.1. The van der Waals surface area contributed by atoms with E-state index in [1.807, 2.05) is 30.3 Å². The van der Waals surface area contributed by atoms with Gasteiger partial charge < -0.3 is 15.7 Å². The SMILES string of the molecule is NC(=NCN1CC[C@H](NS(=O)(=O)c2cc3ccc(Cl)cc3s2)C1=O)c1ccccc1.O=C(O)C(F)(F)F. The summed E-state index contributed by atoms with van der Waals surface area (Å²) in [4.78, 5) is 27.3. The molecular formula is C22H20ClF3N4O5S2. The Kier molecular flexibility index (Phi) is 8.79.